The molecule has 0 spiro atoms. The van der Waals surface area contributed by atoms with Crippen molar-refractivity contribution in [1.29, 1.82) is 0 Å². The Morgan fingerprint density at radius 3 is 0.833 bits per heavy atom. The van der Waals surface area contributed by atoms with Gasteiger partial charge in [-0.15, -0.1) is 0 Å². The van der Waals surface area contributed by atoms with Gasteiger partial charge in [0.2, 0.25) is 0 Å². The molecule has 0 saturated heterocycles. The minimum Gasteiger partial charge on any atom is 0.316 e. The predicted octanol–water partition coefficient (Wildman–Crippen LogP) is 1.84. The van der Waals surface area contributed by atoms with Crippen molar-refractivity contribution in [2.75, 3.05) is 0 Å². The van der Waals surface area contributed by atoms with E-state index in [1.807, 2.05) is 0 Å². The molecule has 0 heterocycles. The Bertz CT molecular complexity index is 23.0. The van der Waals surface area contributed by atoms with E-state index in [-0.39, 0.29) is 23.1 Å². The molecule has 0 nitrogen and oxygen atoms in total. The van der Waals surface area contributed by atoms with Crippen molar-refractivity contribution in [3.05, 3.63) is 0 Å². The Kier molecular flexibility index (Phi) is 8.60. The van der Waals surface area contributed by atoms with Crippen LogP contribution in [0.1, 0.15) is 0 Å². The summed E-state index contributed by atoms with van der Waals surface area (Å²) in [5.41, 5.74) is 0. The van der Waals surface area contributed by atoms with E-state index in [1.54, 1.807) is 0 Å². The van der Waals surface area contributed by atoms with Crippen LogP contribution >= 0.6 is 37.2 Å². The minimum atomic E-state index is -3.11. The minimum absolute atomic E-state index is 0. The van der Waals surface area contributed by atoms with Gasteiger partial charge in [0.25, 0.3) is 0 Å². The SMILES string of the molecule is [Cl][Ti]([Cl])([Cl])[Cl].[MgH2]. The molecule has 6 heteroatoms. The van der Waals surface area contributed by atoms with Gasteiger partial charge in [-0.2, -0.15) is 0 Å². The summed E-state index contributed by atoms with van der Waals surface area (Å²) in [6.07, 6.45) is 0. The van der Waals surface area contributed by atoms with Crippen LogP contribution in [0.2, 0.25) is 0 Å². The van der Waals surface area contributed by atoms with Crippen LogP contribution in [-0.2, 0) is 12.3 Å². The molecule has 0 aromatic rings. The molecule has 0 unspecified atom stereocenters. The zero-order valence-electron chi connectivity index (χ0n) is 2.01. The maximum atomic E-state index is 5.01. The third-order valence-electron chi connectivity index (χ3n) is 0. The Balaban J connectivity index is 0. The molecule has 0 aliphatic carbocycles. The third-order valence-corrected chi connectivity index (χ3v) is 0. The second-order valence-corrected chi connectivity index (χ2v) is 15.9. The smallest absolute Gasteiger partial charge is 0.316 e. The van der Waals surface area contributed by atoms with Crippen molar-refractivity contribution in [3.63, 3.8) is 0 Å². The summed E-state index contributed by atoms with van der Waals surface area (Å²) in [6.45, 7) is 0. The van der Waals surface area contributed by atoms with Gasteiger partial charge >= 0.3 is 72.6 Å². The molecule has 6 heavy (non-hydrogen) atoms. The molecule has 0 aromatic carbocycles. The molecule has 0 atom stereocenters. The van der Waals surface area contributed by atoms with Gasteiger partial charge in [-0.25, -0.2) is 0 Å². The van der Waals surface area contributed by atoms with Crippen LogP contribution in [0.15, 0.2) is 0 Å². The summed E-state index contributed by atoms with van der Waals surface area (Å²) in [6, 6.07) is 0. The van der Waals surface area contributed by atoms with Gasteiger partial charge in [-0.1, -0.05) is 0 Å². The van der Waals surface area contributed by atoms with Crippen LogP contribution in [0.4, 0.5) is 0 Å². The molecular formula is H2Cl4MgTi. The van der Waals surface area contributed by atoms with Crippen molar-refractivity contribution >= 4 is 60.3 Å². The molecular weight excluding hydrogens is 214 g/mol. The third kappa shape index (κ3) is 30.3. The van der Waals surface area contributed by atoms with E-state index in [4.69, 9.17) is 37.2 Å². The summed E-state index contributed by atoms with van der Waals surface area (Å²) < 4.78 is 0. The predicted molar refractivity (Wildman–Crippen MR) is 32.0 cm³/mol. The zero-order chi connectivity index (χ0) is 4.50. The van der Waals surface area contributed by atoms with Crippen LogP contribution in [0.25, 0.3) is 0 Å². The molecule has 0 aliphatic heterocycles. The largest absolute Gasteiger partial charge is 0.316 e. The standard InChI is InChI=1S/4ClH.Mg.Ti.2H/h4*1H;;;;/q;;;;;+4;;/p-4. The summed E-state index contributed by atoms with van der Waals surface area (Å²) in [5.74, 6) is 0. The first-order valence-electron chi connectivity index (χ1n) is 0.756. The fraction of sp³-hybridized carbons (Fsp3) is 0. The molecule has 0 fully saturated rings. The fourth-order valence-electron chi connectivity index (χ4n) is 0. The second-order valence-electron chi connectivity index (χ2n) is 0.429. The Morgan fingerprint density at radius 2 is 0.833 bits per heavy atom. The maximum Gasteiger partial charge on any atom is 0.316 e. The molecule has 36 valence electrons. The van der Waals surface area contributed by atoms with Crippen LogP contribution in [0.5, 0.6) is 0 Å². The summed E-state index contributed by atoms with van der Waals surface area (Å²) >= 11 is -3.11. The zero-order valence-corrected chi connectivity index (χ0v) is 6.60. The fourth-order valence-corrected chi connectivity index (χ4v) is 0. The first-order chi connectivity index (χ1) is 2.00. The number of hydrogen-bond acceptors (Lipinski definition) is 0. The molecule has 0 rings (SSSR count). The molecule has 0 radical (unpaired) electrons. The summed E-state index contributed by atoms with van der Waals surface area (Å²) in [4.78, 5) is 0. The molecule has 0 saturated carbocycles. The Labute approximate surface area is 71.5 Å². The van der Waals surface area contributed by atoms with Gasteiger partial charge < -0.3 is 0 Å². The van der Waals surface area contributed by atoms with Crippen molar-refractivity contribution in [3.8, 4) is 0 Å². The van der Waals surface area contributed by atoms with Gasteiger partial charge in [-0.3, -0.25) is 0 Å². The van der Waals surface area contributed by atoms with E-state index in [0.717, 1.165) is 0 Å². The molecule has 0 aliphatic rings. The molecule has 0 N–H and O–H groups in total. The van der Waals surface area contributed by atoms with Crippen LogP contribution in [0, 0.1) is 0 Å². The summed E-state index contributed by atoms with van der Waals surface area (Å²) in [5, 5.41) is 0. The van der Waals surface area contributed by atoms with Crippen molar-refractivity contribution in [2.24, 2.45) is 0 Å². The molecule has 0 bridgehead atoms. The van der Waals surface area contributed by atoms with E-state index in [2.05, 4.69) is 0 Å². The van der Waals surface area contributed by atoms with E-state index in [9.17, 15) is 0 Å². The van der Waals surface area contributed by atoms with E-state index < -0.39 is 12.3 Å². The van der Waals surface area contributed by atoms with Crippen LogP contribution < -0.4 is 0 Å². The van der Waals surface area contributed by atoms with Gasteiger partial charge in [0.1, 0.15) is 0 Å². The second kappa shape index (κ2) is 4.51. The quantitative estimate of drug-likeness (QED) is 0.542. The van der Waals surface area contributed by atoms with E-state index >= 15 is 0 Å². The normalized spacial score (nSPS) is 10.0. The van der Waals surface area contributed by atoms with E-state index in [1.165, 1.54) is 0 Å². The van der Waals surface area contributed by atoms with Crippen LogP contribution in [0.3, 0.4) is 0 Å². The Hall–Kier alpha value is 2.64. The molecule has 0 amide bonds. The average Bonchev–Trinajstić information content (AvgIpc) is 0.722. The molecule has 0 aromatic heterocycles. The van der Waals surface area contributed by atoms with Gasteiger partial charge in [-0.05, 0) is 0 Å². The number of hydrogen-bond donors (Lipinski definition) is 0. The number of halogens is 4. The van der Waals surface area contributed by atoms with Crippen LogP contribution in [-0.4, -0.2) is 23.1 Å². The van der Waals surface area contributed by atoms with Gasteiger partial charge in [0, 0.05) is 0 Å². The topological polar surface area (TPSA) is 0 Å². The summed E-state index contributed by atoms with van der Waals surface area (Å²) in [7, 11) is 20.1. The first kappa shape index (κ1) is 11.4. The van der Waals surface area contributed by atoms with Crippen molar-refractivity contribution in [1.82, 2.24) is 0 Å². The van der Waals surface area contributed by atoms with Crippen molar-refractivity contribution < 1.29 is 12.3 Å². The maximum absolute atomic E-state index is 5.01. The van der Waals surface area contributed by atoms with E-state index in [0.29, 0.717) is 0 Å². The number of rotatable bonds is 0. The first-order valence-corrected chi connectivity index (χ1v) is 9.35. The Morgan fingerprint density at radius 1 is 0.833 bits per heavy atom. The van der Waals surface area contributed by atoms with Gasteiger partial charge in [0.05, 0.1) is 0 Å². The van der Waals surface area contributed by atoms with Gasteiger partial charge in [0.15, 0.2) is 0 Å². The van der Waals surface area contributed by atoms with Crippen molar-refractivity contribution in [2.45, 2.75) is 0 Å². The monoisotopic (exact) mass is 214 g/mol. The average molecular weight is 216 g/mol.